The van der Waals surface area contributed by atoms with Crippen LogP contribution < -0.4 is 5.32 Å². The average molecular weight is 283 g/mol. The third kappa shape index (κ3) is 3.31. The van der Waals surface area contributed by atoms with Crippen molar-refractivity contribution in [1.82, 2.24) is 9.78 Å². The first kappa shape index (κ1) is 14.4. The lowest BCUT2D eigenvalue weighted by molar-refractivity contribution is -0.137. The molecule has 2 aromatic rings. The number of rotatable bonds is 4. The summed E-state index contributed by atoms with van der Waals surface area (Å²) in [6.07, 6.45) is -1.65. The van der Waals surface area contributed by atoms with E-state index in [1.165, 1.54) is 6.07 Å². The van der Waals surface area contributed by atoms with Gasteiger partial charge in [-0.1, -0.05) is 13.0 Å². The van der Waals surface area contributed by atoms with Gasteiger partial charge in [-0.3, -0.25) is 4.68 Å². The second-order valence-corrected chi connectivity index (χ2v) is 4.56. The first-order valence-corrected chi connectivity index (χ1v) is 6.32. The van der Waals surface area contributed by atoms with Crippen LogP contribution in [-0.2, 0) is 26.2 Å². The number of alkyl halides is 3. The number of aryl methyl sites for hydroxylation is 2. The summed E-state index contributed by atoms with van der Waals surface area (Å²) in [5, 5.41) is 7.30. The fourth-order valence-electron chi connectivity index (χ4n) is 2.03. The molecule has 3 nitrogen and oxygen atoms in total. The van der Waals surface area contributed by atoms with E-state index in [4.69, 9.17) is 0 Å². The standard InChI is InChI=1S/C14H16F3N3/c1-3-13-10(9-20(2)19-13)8-18-12-6-4-5-11(7-12)14(15,16)17/h4-7,9,18H,3,8H2,1-2H3. The highest BCUT2D eigenvalue weighted by Gasteiger charge is 2.30. The molecule has 1 N–H and O–H groups in total. The zero-order valence-electron chi connectivity index (χ0n) is 11.3. The lowest BCUT2D eigenvalue weighted by atomic mass is 10.1. The Balaban J connectivity index is 2.11. The van der Waals surface area contributed by atoms with Crippen LogP contribution in [0.3, 0.4) is 0 Å². The van der Waals surface area contributed by atoms with E-state index in [0.29, 0.717) is 12.2 Å². The first-order chi connectivity index (χ1) is 9.40. The van der Waals surface area contributed by atoms with Crippen LogP contribution in [-0.4, -0.2) is 9.78 Å². The van der Waals surface area contributed by atoms with Crippen LogP contribution in [0.1, 0.15) is 23.7 Å². The number of nitrogens with one attached hydrogen (secondary N) is 1. The SMILES string of the molecule is CCc1nn(C)cc1CNc1cccc(C(F)(F)F)c1. The van der Waals surface area contributed by atoms with Gasteiger partial charge in [0.1, 0.15) is 0 Å². The summed E-state index contributed by atoms with van der Waals surface area (Å²) in [6, 6.07) is 5.20. The van der Waals surface area contributed by atoms with Gasteiger partial charge < -0.3 is 5.32 Å². The molecule has 0 radical (unpaired) electrons. The van der Waals surface area contributed by atoms with E-state index in [1.54, 1.807) is 10.7 Å². The molecule has 1 aromatic carbocycles. The van der Waals surface area contributed by atoms with Gasteiger partial charge in [0.05, 0.1) is 11.3 Å². The molecule has 0 fully saturated rings. The van der Waals surface area contributed by atoms with Crippen LogP contribution in [0.15, 0.2) is 30.5 Å². The predicted molar refractivity (Wildman–Crippen MR) is 71.4 cm³/mol. The van der Waals surface area contributed by atoms with Crippen molar-refractivity contribution in [3.8, 4) is 0 Å². The molecule has 0 amide bonds. The van der Waals surface area contributed by atoms with E-state index in [0.717, 1.165) is 29.8 Å². The Morgan fingerprint density at radius 3 is 2.70 bits per heavy atom. The van der Waals surface area contributed by atoms with Crippen molar-refractivity contribution < 1.29 is 13.2 Å². The molecular formula is C14H16F3N3. The van der Waals surface area contributed by atoms with E-state index in [9.17, 15) is 13.2 Å². The predicted octanol–water partition coefficient (Wildman–Crippen LogP) is 3.61. The monoisotopic (exact) mass is 283 g/mol. The Bertz CT molecular complexity index is 588. The van der Waals surface area contributed by atoms with E-state index in [1.807, 2.05) is 20.2 Å². The number of benzene rings is 1. The maximum absolute atomic E-state index is 12.6. The third-order valence-corrected chi connectivity index (χ3v) is 3.00. The molecule has 0 saturated heterocycles. The van der Waals surface area contributed by atoms with E-state index in [2.05, 4.69) is 10.4 Å². The third-order valence-electron chi connectivity index (χ3n) is 3.00. The zero-order chi connectivity index (χ0) is 14.8. The molecule has 0 atom stereocenters. The maximum Gasteiger partial charge on any atom is 0.416 e. The minimum atomic E-state index is -4.32. The molecule has 0 unspecified atom stereocenters. The summed E-state index contributed by atoms with van der Waals surface area (Å²) in [7, 11) is 1.83. The smallest absolute Gasteiger partial charge is 0.381 e. The Labute approximate surface area is 115 Å². The Kier molecular flexibility index (Phi) is 4.01. The van der Waals surface area contributed by atoms with Gasteiger partial charge in [-0.05, 0) is 24.6 Å². The number of hydrogen-bond acceptors (Lipinski definition) is 2. The van der Waals surface area contributed by atoms with Gasteiger partial charge >= 0.3 is 6.18 Å². The normalized spacial score (nSPS) is 11.7. The van der Waals surface area contributed by atoms with Crippen molar-refractivity contribution in [2.24, 2.45) is 7.05 Å². The summed E-state index contributed by atoms with van der Waals surface area (Å²) in [5.74, 6) is 0. The second kappa shape index (κ2) is 5.56. The Morgan fingerprint density at radius 1 is 1.30 bits per heavy atom. The van der Waals surface area contributed by atoms with Crippen LogP contribution in [0.4, 0.5) is 18.9 Å². The summed E-state index contributed by atoms with van der Waals surface area (Å²) >= 11 is 0. The van der Waals surface area contributed by atoms with Gasteiger partial charge in [0.15, 0.2) is 0 Å². The van der Waals surface area contributed by atoms with Crippen LogP contribution >= 0.6 is 0 Å². The van der Waals surface area contributed by atoms with Crippen molar-refractivity contribution >= 4 is 5.69 Å². The highest BCUT2D eigenvalue weighted by atomic mass is 19.4. The number of aromatic nitrogens is 2. The summed E-state index contributed by atoms with van der Waals surface area (Å²) in [6.45, 7) is 2.45. The largest absolute Gasteiger partial charge is 0.416 e. The van der Waals surface area contributed by atoms with Crippen LogP contribution in [0.5, 0.6) is 0 Å². The second-order valence-electron chi connectivity index (χ2n) is 4.56. The van der Waals surface area contributed by atoms with Crippen LogP contribution in [0.2, 0.25) is 0 Å². The molecule has 0 saturated carbocycles. The average Bonchev–Trinajstić information content (AvgIpc) is 2.76. The lowest BCUT2D eigenvalue weighted by Crippen LogP contribution is -2.06. The molecule has 0 spiro atoms. The van der Waals surface area contributed by atoms with Crippen LogP contribution in [0.25, 0.3) is 0 Å². The topological polar surface area (TPSA) is 29.9 Å². The molecule has 0 aliphatic rings. The fourth-order valence-corrected chi connectivity index (χ4v) is 2.03. The minimum Gasteiger partial charge on any atom is -0.381 e. The maximum atomic E-state index is 12.6. The van der Waals surface area contributed by atoms with Gasteiger partial charge in [-0.2, -0.15) is 18.3 Å². The van der Waals surface area contributed by atoms with Crippen molar-refractivity contribution in [2.75, 3.05) is 5.32 Å². The van der Waals surface area contributed by atoms with Gasteiger partial charge in [0, 0.05) is 31.0 Å². The van der Waals surface area contributed by atoms with E-state index >= 15 is 0 Å². The molecule has 1 heterocycles. The molecule has 1 aromatic heterocycles. The highest BCUT2D eigenvalue weighted by molar-refractivity contribution is 5.47. The number of hydrogen-bond donors (Lipinski definition) is 1. The summed E-state index contributed by atoms with van der Waals surface area (Å²) in [5.41, 5.74) is 1.74. The van der Waals surface area contributed by atoms with Gasteiger partial charge in [0.2, 0.25) is 0 Å². The quantitative estimate of drug-likeness (QED) is 0.929. The number of halogens is 3. The Morgan fingerprint density at radius 2 is 2.05 bits per heavy atom. The van der Waals surface area contributed by atoms with Gasteiger partial charge in [-0.15, -0.1) is 0 Å². The van der Waals surface area contributed by atoms with Crippen molar-refractivity contribution in [3.05, 3.63) is 47.3 Å². The van der Waals surface area contributed by atoms with E-state index < -0.39 is 11.7 Å². The minimum absolute atomic E-state index is 0.450. The molecule has 2 rings (SSSR count). The number of nitrogens with zero attached hydrogens (tertiary/aromatic N) is 2. The van der Waals surface area contributed by atoms with Crippen molar-refractivity contribution in [3.63, 3.8) is 0 Å². The Hall–Kier alpha value is -1.98. The lowest BCUT2D eigenvalue weighted by Gasteiger charge is -2.10. The fraction of sp³-hybridized carbons (Fsp3) is 0.357. The highest BCUT2D eigenvalue weighted by Crippen LogP contribution is 2.30. The molecule has 108 valence electrons. The van der Waals surface area contributed by atoms with E-state index in [-0.39, 0.29) is 0 Å². The molecule has 0 aliphatic heterocycles. The zero-order valence-corrected chi connectivity index (χ0v) is 11.3. The summed E-state index contributed by atoms with van der Waals surface area (Å²) < 4.78 is 39.5. The molecule has 6 heteroatoms. The van der Waals surface area contributed by atoms with Crippen molar-refractivity contribution in [2.45, 2.75) is 26.1 Å². The molecular weight excluding hydrogens is 267 g/mol. The van der Waals surface area contributed by atoms with Gasteiger partial charge in [-0.25, -0.2) is 0 Å². The summed E-state index contributed by atoms with van der Waals surface area (Å²) in [4.78, 5) is 0. The van der Waals surface area contributed by atoms with Crippen LogP contribution in [0, 0.1) is 0 Å². The number of anilines is 1. The molecule has 20 heavy (non-hydrogen) atoms. The molecule has 0 aliphatic carbocycles. The molecule has 0 bridgehead atoms. The van der Waals surface area contributed by atoms with Gasteiger partial charge in [0.25, 0.3) is 0 Å². The first-order valence-electron chi connectivity index (χ1n) is 6.32. The van der Waals surface area contributed by atoms with Crippen molar-refractivity contribution in [1.29, 1.82) is 0 Å².